The largest absolute Gasteiger partial charge is 0.373 e. The van der Waals surface area contributed by atoms with Gasteiger partial charge in [-0.15, -0.1) is 6.42 Å². The van der Waals surface area contributed by atoms with Crippen LogP contribution in [0, 0.1) is 12.3 Å². The average molecular weight is 232 g/mol. The smallest absolute Gasteiger partial charge is 0.0763 e. The monoisotopic (exact) mass is 232 g/mol. The van der Waals surface area contributed by atoms with Crippen LogP contribution >= 0.6 is 0 Å². The molecule has 3 rings (SSSR count). The number of terminal acetylenes is 1. The van der Waals surface area contributed by atoms with Crippen LogP contribution < -0.4 is 5.32 Å². The Bertz CT molecular complexity index is 700. The quantitative estimate of drug-likeness (QED) is 0.541. The van der Waals surface area contributed by atoms with E-state index in [4.69, 9.17) is 6.42 Å². The van der Waals surface area contributed by atoms with Crippen LogP contribution in [0.2, 0.25) is 0 Å². The van der Waals surface area contributed by atoms with Crippen LogP contribution in [-0.4, -0.2) is 11.5 Å². The summed E-state index contributed by atoms with van der Waals surface area (Å²) in [6, 6.07) is 16.2. The molecule has 0 amide bonds. The Balaban J connectivity index is 2.38. The summed E-state index contributed by atoms with van der Waals surface area (Å²) in [4.78, 5) is 4.65. The number of nitrogens with one attached hydrogen (secondary N) is 1. The third kappa shape index (κ3) is 1.66. The third-order valence-corrected chi connectivity index (χ3v) is 2.95. The lowest BCUT2D eigenvalue weighted by Crippen LogP contribution is -2.00. The van der Waals surface area contributed by atoms with Crippen molar-refractivity contribution >= 4 is 27.5 Å². The number of anilines is 1. The van der Waals surface area contributed by atoms with Gasteiger partial charge in [0.2, 0.25) is 0 Å². The lowest BCUT2D eigenvalue weighted by Gasteiger charge is -2.11. The molecule has 0 unspecified atom stereocenters. The van der Waals surface area contributed by atoms with Gasteiger partial charge in [0.25, 0.3) is 0 Å². The van der Waals surface area contributed by atoms with E-state index < -0.39 is 0 Å². The first kappa shape index (κ1) is 10.6. The molecule has 0 atom stereocenters. The zero-order valence-corrected chi connectivity index (χ0v) is 9.85. The van der Waals surface area contributed by atoms with Gasteiger partial charge in [-0.2, -0.15) is 0 Å². The van der Waals surface area contributed by atoms with E-state index >= 15 is 0 Å². The fourth-order valence-corrected chi connectivity index (χ4v) is 2.17. The molecule has 18 heavy (non-hydrogen) atoms. The number of para-hydroxylation sites is 2. The van der Waals surface area contributed by atoms with E-state index in [1.165, 1.54) is 0 Å². The van der Waals surface area contributed by atoms with E-state index in [1.54, 1.807) is 0 Å². The minimum atomic E-state index is 0.512. The van der Waals surface area contributed by atoms with Crippen LogP contribution in [0.5, 0.6) is 0 Å². The molecule has 3 aromatic rings. The van der Waals surface area contributed by atoms with E-state index in [2.05, 4.69) is 28.4 Å². The normalized spacial score (nSPS) is 10.4. The van der Waals surface area contributed by atoms with Crippen LogP contribution in [0.1, 0.15) is 0 Å². The van der Waals surface area contributed by atoms with Crippen molar-refractivity contribution in [3.63, 3.8) is 0 Å². The van der Waals surface area contributed by atoms with Gasteiger partial charge in [-0.3, -0.25) is 0 Å². The Hall–Kier alpha value is -2.53. The maximum atomic E-state index is 5.34. The summed E-state index contributed by atoms with van der Waals surface area (Å²) in [5, 5.41) is 5.51. The Kier molecular flexibility index (Phi) is 2.59. The first-order valence-corrected chi connectivity index (χ1v) is 5.85. The second kappa shape index (κ2) is 4.38. The van der Waals surface area contributed by atoms with Crippen LogP contribution in [0.25, 0.3) is 21.8 Å². The summed E-state index contributed by atoms with van der Waals surface area (Å²) >= 11 is 0. The number of hydrogen-bond acceptors (Lipinski definition) is 2. The Morgan fingerprint density at radius 3 is 2.06 bits per heavy atom. The summed E-state index contributed by atoms with van der Waals surface area (Å²) < 4.78 is 0. The first-order chi connectivity index (χ1) is 8.90. The van der Waals surface area contributed by atoms with E-state index in [9.17, 15) is 0 Å². The molecule has 1 heterocycles. The highest BCUT2D eigenvalue weighted by Crippen LogP contribution is 2.30. The van der Waals surface area contributed by atoms with Gasteiger partial charge < -0.3 is 5.32 Å². The van der Waals surface area contributed by atoms with Crippen molar-refractivity contribution in [2.24, 2.45) is 0 Å². The Morgan fingerprint density at radius 2 is 1.50 bits per heavy atom. The molecular weight excluding hydrogens is 220 g/mol. The molecule has 0 spiro atoms. The molecule has 2 heteroatoms. The van der Waals surface area contributed by atoms with Crippen molar-refractivity contribution in [1.82, 2.24) is 4.98 Å². The van der Waals surface area contributed by atoms with Gasteiger partial charge in [0, 0.05) is 10.8 Å². The molecule has 0 aliphatic rings. The van der Waals surface area contributed by atoms with Crippen molar-refractivity contribution in [3.8, 4) is 12.3 Å². The molecule has 1 aromatic heterocycles. The van der Waals surface area contributed by atoms with Crippen LogP contribution in [-0.2, 0) is 0 Å². The van der Waals surface area contributed by atoms with Crippen molar-refractivity contribution in [2.75, 3.05) is 11.9 Å². The number of aromatic nitrogens is 1. The van der Waals surface area contributed by atoms with E-state index in [0.717, 1.165) is 27.5 Å². The molecule has 86 valence electrons. The van der Waals surface area contributed by atoms with Crippen LogP contribution in [0.15, 0.2) is 48.5 Å². The highest BCUT2D eigenvalue weighted by molar-refractivity contribution is 6.07. The average Bonchev–Trinajstić information content (AvgIpc) is 2.43. The topological polar surface area (TPSA) is 24.9 Å². The summed E-state index contributed by atoms with van der Waals surface area (Å²) in [5.41, 5.74) is 3.03. The summed E-state index contributed by atoms with van der Waals surface area (Å²) in [6.45, 7) is 0.512. The molecule has 0 saturated heterocycles. The number of fused-ring (bicyclic) bond motifs is 2. The highest BCUT2D eigenvalue weighted by atomic mass is 14.9. The fraction of sp³-hybridized carbons (Fsp3) is 0.0625. The van der Waals surface area contributed by atoms with Gasteiger partial charge in [-0.1, -0.05) is 42.3 Å². The number of nitrogens with zero attached hydrogens (tertiary/aromatic N) is 1. The summed E-state index contributed by atoms with van der Waals surface area (Å²) in [5.74, 6) is 2.61. The minimum absolute atomic E-state index is 0.512. The van der Waals surface area contributed by atoms with Crippen molar-refractivity contribution in [2.45, 2.75) is 0 Å². The number of rotatable bonds is 2. The molecule has 0 radical (unpaired) electrons. The molecular formula is C16H12N2. The second-order valence-electron chi connectivity index (χ2n) is 4.08. The Labute approximate surface area is 106 Å². The molecule has 0 aliphatic heterocycles. The van der Waals surface area contributed by atoms with Crippen molar-refractivity contribution in [1.29, 1.82) is 0 Å². The van der Waals surface area contributed by atoms with Crippen LogP contribution in [0.3, 0.4) is 0 Å². The first-order valence-electron chi connectivity index (χ1n) is 5.85. The highest BCUT2D eigenvalue weighted by Gasteiger charge is 2.07. The maximum Gasteiger partial charge on any atom is 0.0763 e. The zero-order chi connectivity index (χ0) is 12.4. The number of pyridine rings is 1. The van der Waals surface area contributed by atoms with Gasteiger partial charge in [0.1, 0.15) is 0 Å². The van der Waals surface area contributed by atoms with Gasteiger partial charge in [0.15, 0.2) is 0 Å². The third-order valence-electron chi connectivity index (χ3n) is 2.95. The fourth-order valence-electron chi connectivity index (χ4n) is 2.17. The van der Waals surface area contributed by atoms with E-state index in [-0.39, 0.29) is 0 Å². The molecule has 0 saturated carbocycles. The molecule has 1 N–H and O–H groups in total. The predicted octanol–water partition coefficient (Wildman–Crippen LogP) is 3.43. The molecule has 2 nitrogen and oxygen atoms in total. The van der Waals surface area contributed by atoms with Gasteiger partial charge in [-0.05, 0) is 12.1 Å². The van der Waals surface area contributed by atoms with E-state index in [0.29, 0.717) is 6.54 Å². The zero-order valence-electron chi connectivity index (χ0n) is 9.85. The van der Waals surface area contributed by atoms with Crippen LogP contribution in [0.4, 0.5) is 5.69 Å². The molecule has 2 aromatic carbocycles. The van der Waals surface area contributed by atoms with Gasteiger partial charge in [-0.25, -0.2) is 4.98 Å². The molecule has 0 fully saturated rings. The van der Waals surface area contributed by atoms with Crippen molar-refractivity contribution < 1.29 is 0 Å². The predicted molar refractivity (Wildman–Crippen MR) is 76.6 cm³/mol. The van der Waals surface area contributed by atoms with E-state index in [1.807, 2.05) is 36.4 Å². The Morgan fingerprint density at radius 1 is 0.944 bits per heavy atom. The molecule has 0 bridgehead atoms. The summed E-state index contributed by atoms with van der Waals surface area (Å²) in [6.07, 6.45) is 5.34. The number of benzene rings is 2. The second-order valence-corrected chi connectivity index (χ2v) is 4.08. The SMILES string of the molecule is C#CCNc1c2ccccc2nc2ccccc12. The maximum absolute atomic E-state index is 5.34. The van der Waals surface area contributed by atoms with Crippen molar-refractivity contribution in [3.05, 3.63) is 48.5 Å². The standard InChI is InChI=1S/C16H12N2/c1-2-11-17-16-12-7-3-5-9-14(12)18-15-10-6-4-8-13(15)16/h1,3-10H,11H2,(H,17,18). The van der Waals surface area contributed by atoms with Gasteiger partial charge >= 0.3 is 0 Å². The van der Waals surface area contributed by atoms with Gasteiger partial charge in [0.05, 0.1) is 23.3 Å². The summed E-state index contributed by atoms with van der Waals surface area (Å²) in [7, 11) is 0. The lowest BCUT2D eigenvalue weighted by atomic mass is 10.1. The molecule has 0 aliphatic carbocycles. The lowest BCUT2D eigenvalue weighted by molar-refractivity contribution is 1.39. The number of hydrogen-bond donors (Lipinski definition) is 1. The minimum Gasteiger partial charge on any atom is -0.373 e.